The molecular weight excluding hydrogens is 316 g/mol. The Balaban J connectivity index is 0.00000242. The van der Waals surface area contributed by atoms with Crippen molar-refractivity contribution >= 4 is 5.69 Å². The quantitative estimate of drug-likeness (QED) is 0.792. The number of aryl methyl sites for hydroxylation is 1. The molecule has 0 bridgehead atoms. The topological polar surface area (TPSA) is 21.3 Å². The monoisotopic (exact) mass is 336 g/mol. The number of benzene rings is 2. The van der Waals surface area contributed by atoms with Crippen molar-refractivity contribution in [2.45, 2.75) is 13.8 Å². The van der Waals surface area contributed by atoms with Crippen LogP contribution in [0.25, 0.3) is 11.1 Å². The molecule has 1 N–H and O–H groups in total. The molecule has 0 atom stereocenters. The zero-order valence-electron chi connectivity index (χ0n) is 13.1. The molecule has 0 aromatic heterocycles. The van der Waals surface area contributed by atoms with Gasteiger partial charge in [-0.15, -0.1) is 0 Å². The molecule has 22 heavy (non-hydrogen) atoms. The molecule has 0 aliphatic heterocycles. The third-order valence-electron chi connectivity index (χ3n) is 3.22. The summed E-state index contributed by atoms with van der Waals surface area (Å²) in [5.74, 6) is 0.556. The molecule has 115 valence electrons. The van der Waals surface area contributed by atoms with Crippen molar-refractivity contribution in [3.8, 4) is 16.9 Å². The van der Waals surface area contributed by atoms with Gasteiger partial charge in [-0.2, -0.15) is 0 Å². The van der Waals surface area contributed by atoms with Gasteiger partial charge >= 0.3 is 0 Å². The first-order chi connectivity index (χ1) is 10.1. The van der Waals surface area contributed by atoms with Crippen LogP contribution in [0.3, 0.4) is 0 Å². The second-order valence-corrected chi connectivity index (χ2v) is 4.88. The predicted molar refractivity (Wildman–Crippen MR) is 86.4 cm³/mol. The summed E-state index contributed by atoms with van der Waals surface area (Å²) in [5, 5.41) is 3.30. The fourth-order valence-corrected chi connectivity index (χ4v) is 2.22. The standard InChI is InChI=1S/C18H20FNO.V/c1-4-5-8-20-17-12-14(6-7-18(17)21-3)15-9-13(2)10-16(19)11-15;/h4-7,9-12,20H,8H2,1-3H3;/b5-4-;. The average molecular weight is 336 g/mol. The second kappa shape index (κ2) is 8.67. The number of ether oxygens (including phenoxy) is 1. The van der Waals surface area contributed by atoms with Gasteiger partial charge in [0.05, 0.1) is 12.8 Å². The number of anilines is 1. The largest absolute Gasteiger partial charge is 0.495 e. The summed E-state index contributed by atoms with van der Waals surface area (Å²) in [6, 6.07) is 10.9. The van der Waals surface area contributed by atoms with E-state index in [0.29, 0.717) is 0 Å². The van der Waals surface area contributed by atoms with E-state index in [-0.39, 0.29) is 24.4 Å². The van der Waals surface area contributed by atoms with Crippen molar-refractivity contribution in [1.82, 2.24) is 0 Å². The van der Waals surface area contributed by atoms with Gasteiger partial charge in [-0.05, 0) is 54.8 Å². The molecule has 0 fully saturated rings. The van der Waals surface area contributed by atoms with Crippen LogP contribution in [0.5, 0.6) is 5.75 Å². The van der Waals surface area contributed by atoms with Crippen LogP contribution in [0.15, 0.2) is 48.6 Å². The molecule has 0 aliphatic carbocycles. The molecular formula is C18H20FNOV. The van der Waals surface area contributed by atoms with Crippen molar-refractivity contribution in [2.75, 3.05) is 19.0 Å². The van der Waals surface area contributed by atoms with Crippen LogP contribution in [0.4, 0.5) is 10.1 Å². The molecule has 1 radical (unpaired) electrons. The van der Waals surface area contributed by atoms with Crippen molar-refractivity contribution < 1.29 is 27.7 Å². The van der Waals surface area contributed by atoms with Crippen molar-refractivity contribution in [3.05, 3.63) is 59.9 Å². The first-order valence-electron chi connectivity index (χ1n) is 6.94. The maximum Gasteiger partial charge on any atom is 0.141 e. The Morgan fingerprint density at radius 1 is 1.14 bits per heavy atom. The summed E-state index contributed by atoms with van der Waals surface area (Å²) >= 11 is 0. The molecule has 0 heterocycles. The first kappa shape index (κ1) is 18.3. The molecule has 0 saturated heterocycles. The van der Waals surface area contributed by atoms with Crippen molar-refractivity contribution in [2.24, 2.45) is 0 Å². The number of halogens is 1. The maximum absolute atomic E-state index is 13.6. The van der Waals surface area contributed by atoms with Gasteiger partial charge in [0.15, 0.2) is 0 Å². The van der Waals surface area contributed by atoms with E-state index in [1.54, 1.807) is 13.2 Å². The van der Waals surface area contributed by atoms with E-state index < -0.39 is 0 Å². The summed E-state index contributed by atoms with van der Waals surface area (Å²) in [6.07, 6.45) is 4.01. The summed E-state index contributed by atoms with van der Waals surface area (Å²) in [7, 11) is 1.64. The Kier molecular flexibility index (Phi) is 7.23. The molecule has 4 heteroatoms. The van der Waals surface area contributed by atoms with Crippen LogP contribution >= 0.6 is 0 Å². The minimum absolute atomic E-state index is 0. The number of allylic oxidation sites excluding steroid dienone is 1. The minimum atomic E-state index is -0.218. The molecule has 2 rings (SSSR count). The van der Waals surface area contributed by atoms with Gasteiger partial charge in [0.25, 0.3) is 0 Å². The first-order valence-corrected chi connectivity index (χ1v) is 6.94. The fraction of sp³-hybridized carbons (Fsp3) is 0.222. The summed E-state index contributed by atoms with van der Waals surface area (Å²) in [4.78, 5) is 0. The van der Waals surface area contributed by atoms with Crippen LogP contribution in [-0.2, 0) is 18.6 Å². The van der Waals surface area contributed by atoms with Crippen molar-refractivity contribution in [1.29, 1.82) is 0 Å². The Bertz CT molecular complexity index is 635. The Morgan fingerprint density at radius 3 is 2.55 bits per heavy atom. The molecule has 0 spiro atoms. The smallest absolute Gasteiger partial charge is 0.141 e. The second-order valence-electron chi connectivity index (χ2n) is 4.88. The van der Waals surface area contributed by atoms with E-state index >= 15 is 0 Å². The summed E-state index contributed by atoms with van der Waals surface area (Å²) in [6.45, 7) is 4.59. The van der Waals surface area contributed by atoms with Gasteiger partial charge in [0, 0.05) is 25.1 Å². The normalized spacial score (nSPS) is 10.4. The molecule has 2 aromatic rings. The van der Waals surface area contributed by atoms with E-state index in [4.69, 9.17) is 4.74 Å². The van der Waals surface area contributed by atoms with Gasteiger partial charge in [-0.25, -0.2) is 4.39 Å². The van der Waals surface area contributed by atoms with Crippen LogP contribution in [0, 0.1) is 12.7 Å². The van der Waals surface area contributed by atoms with Gasteiger partial charge < -0.3 is 10.1 Å². The van der Waals surface area contributed by atoms with Crippen LogP contribution in [-0.4, -0.2) is 13.7 Å². The summed E-state index contributed by atoms with van der Waals surface area (Å²) < 4.78 is 18.9. The van der Waals surface area contributed by atoms with E-state index in [9.17, 15) is 4.39 Å². The Hall–Kier alpha value is -1.71. The maximum atomic E-state index is 13.6. The summed E-state index contributed by atoms with van der Waals surface area (Å²) in [5.41, 5.74) is 3.63. The van der Waals surface area contributed by atoms with E-state index in [1.165, 1.54) is 6.07 Å². The molecule has 0 amide bonds. The SMILES string of the molecule is C/C=C\CNc1cc(-c2cc(C)cc(F)c2)ccc1OC.[V]. The molecule has 2 nitrogen and oxygen atoms in total. The van der Waals surface area contributed by atoms with Gasteiger partial charge in [-0.1, -0.05) is 24.3 Å². The van der Waals surface area contributed by atoms with Gasteiger partial charge in [0.1, 0.15) is 11.6 Å². The van der Waals surface area contributed by atoms with Crippen LogP contribution in [0.2, 0.25) is 0 Å². The number of rotatable bonds is 5. The number of methoxy groups -OCH3 is 1. The van der Waals surface area contributed by atoms with Crippen LogP contribution < -0.4 is 10.1 Å². The number of nitrogens with one attached hydrogen (secondary N) is 1. The Morgan fingerprint density at radius 2 is 1.91 bits per heavy atom. The van der Waals surface area contributed by atoms with E-state index in [0.717, 1.165) is 34.7 Å². The van der Waals surface area contributed by atoms with Gasteiger partial charge in [0.2, 0.25) is 0 Å². The molecule has 2 aromatic carbocycles. The molecule has 0 unspecified atom stereocenters. The average Bonchev–Trinajstić information content (AvgIpc) is 2.46. The molecule has 0 saturated carbocycles. The fourth-order valence-electron chi connectivity index (χ4n) is 2.22. The van der Waals surface area contributed by atoms with Crippen molar-refractivity contribution in [3.63, 3.8) is 0 Å². The van der Waals surface area contributed by atoms with E-state index in [1.807, 2.05) is 50.3 Å². The van der Waals surface area contributed by atoms with E-state index in [2.05, 4.69) is 5.32 Å². The number of hydrogen-bond donors (Lipinski definition) is 1. The van der Waals surface area contributed by atoms with Crippen LogP contribution in [0.1, 0.15) is 12.5 Å². The number of hydrogen-bond acceptors (Lipinski definition) is 2. The minimum Gasteiger partial charge on any atom is -0.495 e. The zero-order valence-corrected chi connectivity index (χ0v) is 14.5. The predicted octanol–water partition coefficient (Wildman–Crippen LogP) is 4.80. The van der Waals surface area contributed by atoms with Gasteiger partial charge in [-0.3, -0.25) is 0 Å². The molecule has 0 aliphatic rings. The Labute approximate surface area is 143 Å². The third-order valence-corrected chi connectivity index (χ3v) is 3.22. The zero-order chi connectivity index (χ0) is 15.2. The third kappa shape index (κ3) is 4.65.